The molecule has 142 valence electrons. The largest absolute Gasteiger partial charge is 0.305 e. The van der Waals surface area contributed by atoms with Gasteiger partial charge in [-0.15, -0.1) is 0 Å². The third kappa shape index (κ3) is 6.49. The maximum atomic E-state index is 12.4. The smallest absolute Gasteiger partial charge is 0.142 e. The van der Waals surface area contributed by atoms with E-state index in [1.807, 2.05) is 62.4 Å². The van der Waals surface area contributed by atoms with Crippen LogP contribution in [0.4, 0.5) is 0 Å². The fourth-order valence-electron chi connectivity index (χ4n) is 2.56. The Hall–Kier alpha value is -2.17. The molecule has 3 nitrogen and oxygen atoms in total. The van der Waals surface area contributed by atoms with Gasteiger partial charge in [-0.05, 0) is 43.0 Å². The SMILES string of the molecule is CCN=C(Cl)/C(=C(\C)NS(=O)/C=C/c1ccccc1)c1ccc(CC)cc1. The monoisotopic (exact) mass is 400 g/mol. The predicted molar refractivity (Wildman–Crippen MR) is 119 cm³/mol. The minimum absolute atomic E-state index is 0.413. The molecular weight excluding hydrogens is 376 g/mol. The fraction of sp³-hybridized carbons (Fsp3) is 0.227. The summed E-state index contributed by atoms with van der Waals surface area (Å²) < 4.78 is 15.5. The van der Waals surface area contributed by atoms with E-state index in [9.17, 15) is 4.21 Å². The molecule has 0 aromatic heterocycles. The van der Waals surface area contributed by atoms with Crippen LogP contribution >= 0.6 is 11.6 Å². The quantitative estimate of drug-likeness (QED) is 0.579. The Morgan fingerprint density at radius 3 is 2.37 bits per heavy atom. The summed E-state index contributed by atoms with van der Waals surface area (Å²) in [6, 6.07) is 18.0. The number of hydrogen-bond donors (Lipinski definition) is 1. The zero-order valence-corrected chi connectivity index (χ0v) is 17.5. The molecule has 1 unspecified atom stereocenters. The van der Waals surface area contributed by atoms with Crippen molar-refractivity contribution in [1.29, 1.82) is 0 Å². The van der Waals surface area contributed by atoms with Gasteiger partial charge in [0, 0.05) is 23.2 Å². The number of aryl methyl sites for hydroxylation is 1. The fourth-order valence-corrected chi connectivity index (χ4v) is 3.68. The van der Waals surface area contributed by atoms with Crippen LogP contribution < -0.4 is 4.72 Å². The van der Waals surface area contributed by atoms with E-state index in [0.29, 0.717) is 11.7 Å². The lowest BCUT2D eigenvalue weighted by molar-refractivity contribution is 0.684. The summed E-state index contributed by atoms with van der Waals surface area (Å²) in [5.41, 5.74) is 4.68. The van der Waals surface area contributed by atoms with Gasteiger partial charge in [-0.3, -0.25) is 4.99 Å². The highest BCUT2D eigenvalue weighted by atomic mass is 35.5. The second-order valence-electron chi connectivity index (χ2n) is 5.93. The second kappa shape index (κ2) is 10.9. The van der Waals surface area contributed by atoms with Crippen molar-refractivity contribution < 1.29 is 4.21 Å². The lowest BCUT2D eigenvalue weighted by Gasteiger charge is -2.13. The third-order valence-electron chi connectivity index (χ3n) is 3.97. The normalized spacial score (nSPS) is 14.1. The molecule has 2 aromatic carbocycles. The van der Waals surface area contributed by atoms with Gasteiger partial charge in [-0.2, -0.15) is 0 Å². The molecule has 5 heteroatoms. The summed E-state index contributed by atoms with van der Waals surface area (Å²) in [4.78, 5) is 4.33. The molecule has 0 aliphatic heterocycles. The predicted octanol–water partition coefficient (Wildman–Crippen LogP) is 5.56. The number of hydrogen-bond acceptors (Lipinski definition) is 2. The van der Waals surface area contributed by atoms with E-state index in [1.165, 1.54) is 5.56 Å². The van der Waals surface area contributed by atoms with Crippen molar-refractivity contribution in [2.45, 2.75) is 27.2 Å². The molecule has 0 aliphatic carbocycles. The number of halogens is 1. The highest BCUT2D eigenvalue weighted by Crippen LogP contribution is 2.23. The number of nitrogens with zero attached hydrogens (tertiary/aromatic N) is 1. The average molecular weight is 401 g/mol. The molecule has 0 bridgehead atoms. The van der Waals surface area contributed by atoms with Crippen LogP contribution in [0.5, 0.6) is 0 Å². The van der Waals surface area contributed by atoms with Crippen LogP contribution in [0.1, 0.15) is 37.5 Å². The average Bonchev–Trinajstić information content (AvgIpc) is 2.68. The molecule has 0 spiro atoms. The first kappa shape index (κ1) is 21.1. The third-order valence-corrected chi connectivity index (χ3v) is 5.17. The van der Waals surface area contributed by atoms with E-state index in [2.05, 4.69) is 28.8 Å². The number of nitrogens with one attached hydrogen (secondary N) is 1. The van der Waals surface area contributed by atoms with E-state index < -0.39 is 11.0 Å². The van der Waals surface area contributed by atoms with E-state index in [0.717, 1.165) is 28.8 Å². The van der Waals surface area contributed by atoms with Crippen molar-refractivity contribution in [2.24, 2.45) is 4.99 Å². The zero-order chi connectivity index (χ0) is 19.6. The molecule has 27 heavy (non-hydrogen) atoms. The molecule has 2 aromatic rings. The highest BCUT2D eigenvalue weighted by Gasteiger charge is 2.12. The molecule has 0 fully saturated rings. The Morgan fingerprint density at radius 1 is 1.11 bits per heavy atom. The molecule has 0 aliphatic rings. The first-order valence-electron chi connectivity index (χ1n) is 8.96. The second-order valence-corrected chi connectivity index (χ2v) is 7.36. The molecular formula is C22H25ClN2OS. The van der Waals surface area contributed by atoms with Crippen molar-refractivity contribution in [3.63, 3.8) is 0 Å². The maximum Gasteiger partial charge on any atom is 0.142 e. The van der Waals surface area contributed by atoms with Crippen molar-refractivity contribution in [3.8, 4) is 0 Å². The van der Waals surface area contributed by atoms with Crippen molar-refractivity contribution >= 4 is 39.4 Å². The summed E-state index contributed by atoms with van der Waals surface area (Å²) in [6.07, 6.45) is 2.80. The summed E-state index contributed by atoms with van der Waals surface area (Å²) in [6.45, 7) is 6.50. The topological polar surface area (TPSA) is 41.5 Å². The number of aliphatic imine (C=N–C) groups is 1. The van der Waals surface area contributed by atoms with Crippen LogP contribution in [0.3, 0.4) is 0 Å². The van der Waals surface area contributed by atoms with Gasteiger partial charge in [-0.25, -0.2) is 4.21 Å². The summed E-state index contributed by atoms with van der Waals surface area (Å²) in [7, 11) is -1.37. The van der Waals surface area contributed by atoms with E-state index in [-0.39, 0.29) is 0 Å². The summed E-state index contributed by atoms with van der Waals surface area (Å²) in [5.74, 6) is 0. The van der Waals surface area contributed by atoms with Gasteiger partial charge < -0.3 is 4.72 Å². The molecule has 0 radical (unpaired) electrons. The molecule has 0 heterocycles. The van der Waals surface area contributed by atoms with E-state index >= 15 is 0 Å². The molecule has 0 saturated heterocycles. The van der Waals surface area contributed by atoms with Crippen molar-refractivity contribution in [1.82, 2.24) is 4.72 Å². The molecule has 1 N–H and O–H groups in total. The zero-order valence-electron chi connectivity index (χ0n) is 15.9. The first-order chi connectivity index (χ1) is 13.0. The number of allylic oxidation sites excluding steroid dienone is 2. The number of benzene rings is 2. The van der Waals surface area contributed by atoms with E-state index in [4.69, 9.17) is 11.6 Å². The van der Waals surface area contributed by atoms with Gasteiger partial charge in [0.05, 0.1) is 0 Å². The summed E-state index contributed by atoms with van der Waals surface area (Å²) >= 11 is 6.44. The van der Waals surface area contributed by atoms with Gasteiger partial charge in [0.2, 0.25) is 0 Å². The minimum atomic E-state index is -1.37. The van der Waals surface area contributed by atoms with Gasteiger partial charge in [0.25, 0.3) is 0 Å². The Kier molecular flexibility index (Phi) is 8.49. The van der Waals surface area contributed by atoms with Gasteiger partial charge in [-0.1, -0.05) is 73.1 Å². The van der Waals surface area contributed by atoms with Gasteiger partial charge >= 0.3 is 0 Å². The highest BCUT2D eigenvalue weighted by molar-refractivity contribution is 7.86. The first-order valence-corrected chi connectivity index (χ1v) is 10.5. The Morgan fingerprint density at radius 2 is 1.78 bits per heavy atom. The number of rotatable bonds is 8. The van der Waals surface area contributed by atoms with Crippen LogP contribution in [0.25, 0.3) is 11.6 Å². The van der Waals surface area contributed by atoms with Crippen LogP contribution in [0.15, 0.2) is 70.7 Å². The van der Waals surface area contributed by atoms with Crippen LogP contribution in [0, 0.1) is 0 Å². The standard InChI is InChI=1S/C22H25ClN2OS/c1-4-18-11-13-20(14-12-18)21(22(23)24-5-2)17(3)25-27(26)16-15-19-9-7-6-8-10-19/h6-16,25H,4-5H2,1-3H3/b16-15+,21-17+,24-22?. The van der Waals surface area contributed by atoms with E-state index in [1.54, 1.807) is 5.41 Å². The van der Waals surface area contributed by atoms with Crippen molar-refractivity contribution in [2.75, 3.05) is 6.54 Å². The molecule has 0 saturated carbocycles. The molecule has 0 amide bonds. The van der Waals surface area contributed by atoms with Crippen LogP contribution in [0.2, 0.25) is 0 Å². The Balaban J connectivity index is 2.28. The molecule has 2 rings (SSSR count). The minimum Gasteiger partial charge on any atom is -0.305 e. The summed E-state index contributed by atoms with van der Waals surface area (Å²) in [5, 5.41) is 2.04. The van der Waals surface area contributed by atoms with Crippen LogP contribution in [-0.2, 0) is 17.4 Å². The van der Waals surface area contributed by atoms with Gasteiger partial charge in [0.1, 0.15) is 16.2 Å². The lowest BCUT2D eigenvalue weighted by Crippen LogP contribution is -2.16. The Labute approximate surface area is 169 Å². The molecule has 1 atom stereocenters. The maximum absolute atomic E-state index is 12.4. The van der Waals surface area contributed by atoms with Gasteiger partial charge in [0.15, 0.2) is 0 Å². The van der Waals surface area contributed by atoms with Crippen LogP contribution in [-0.4, -0.2) is 15.9 Å². The Bertz CT molecular complexity index is 856. The lowest BCUT2D eigenvalue weighted by atomic mass is 10.0. The van der Waals surface area contributed by atoms with Crippen molar-refractivity contribution in [3.05, 3.63) is 82.4 Å².